The Kier molecular flexibility index (Phi) is 15.9. The minimum absolute atomic E-state index is 0.0359. The summed E-state index contributed by atoms with van der Waals surface area (Å²) in [5.41, 5.74) is 14.8. The van der Waals surface area contributed by atoms with Crippen molar-refractivity contribution in [3.63, 3.8) is 0 Å². The third-order valence-electron chi connectivity index (χ3n) is 13.9. The van der Waals surface area contributed by atoms with Gasteiger partial charge in [0, 0.05) is 93.7 Å². The van der Waals surface area contributed by atoms with Gasteiger partial charge in [0.05, 0.1) is 81.1 Å². The number of hydrogen-bond acceptors (Lipinski definition) is 15. The Bertz CT molecular complexity index is 4980. The van der Waals surface area contributed by atoms with Crippen molar-refractivity contribution in [2.75, 3.05) is 12.8 Å². The number of nitrogens with one attached hydrogen (secondary N) is 3. The quantitative estimate of drug-likeness (QED) is 0.0663. The zero-order valence-corrected chi connectivity index (χ0v) is 47.8. The number of nitrogens with two attached hydrogens (primary N) is 1. The topological polar surface area (TPSA) is 323 Å². The summed E-state index contributed by atoms with van der Waals surface area (Å²) in [5, 5.41) is 40.2. The maximum Gasteiger partial charge on any atom is 0.357 e. The van der Waals surface area contributed by atoms with E-state index in [1.807, 2.05) is 86.6 Å². The molecule has 3 aromatic carbocycles. The number of hydrogen-bond donors (Lipinski definition) is 6. The minimum Gasteiger partial charge on any atom is -0.481 e. The number of aromatic carboxylic acids is 2. The minimum atomic E-state index is -1.18. The first kappa shape index (κ1) is 57.2. The molecule has 0 atom stereocenters. The maximum atomic E-state index is 13.1. The number of pyridine rings is 7. The summed E-state index contributed by atoms with van der Waals surface area (Å²) in [6.07, 6.45) is 9.39. The number of amides is 1. The number of fused-ring (bicyclic) bond motifs is 6. The molecule has 7 N–H and O–H groups in total. The van der Waals surface area contributed by atoms with Crippen molar-refractivity contribution in [1.82, 2.24) is 69.5 Å². The number of ether oxygens (including phenoxy) is 1. The first-order valence-corrected chi connectivity index (χ1v) is 27.2. The second-order valence-electron chi connectivity index (χ2n) is 19.7. The Morgan fingerprint density at radius 2 is 1.00 bits per heavy atom. The van der Waals surface area contributed by atoms with Crippen LogP contribution in [0.3, 0.4) is 0 Å². The molecule has 26 heteroatoms. The van der Waals surface area contributed by atoms with E-state index in [1.54, 1.807) is 57.2 Å². The number of carbonyl (C=O) groups excluding carboxylic acids is 1. The SMILES string of the molecule is COc1cc2c(C(=O)O)nn(Cc3ccc4ncc(Cl)cc4c3)c2cn1.Cc1cc(N)nc(C)c1CNC(=O)c1nn(Cc2ccc3ncc(Cl)cc3c2)c2c[nH]c(=O)cc12.O=C(O)c1nn(Cc2ccc3ncc(Cl)cc3c2)c2c[nH]c(=O)cc12. The number of methoxy groups -OCH3 is 1. The Morgan fingerprint density at radius 1 is 0.570 bits per heavy atom. The fraction of sp³-hybridized carbons (Fsp3) is 0.117. The van der Waals surface area contributed by atoms with Gasteiger partial charge in [0.15, 0.2) is 17.1 Å². The van der Waals surface area contributed by atoms with Crippen molar-refractivity contribution in [2.45, 2.75) is 40.0 Å². The zero-order valence-electron chi connectivity index (χ0n) is 45.5. The van der Waals surface area contributed by atoms with Crippen LogP contribution >= 0.6 is 34.8 Å². The Hall–Kier alpha value is -10.6. The van der Waals surface area contributed by atoms with Gasteiger partial charge in [0.2, 0.25) is 17.0 Å². The Balaban J connectivity index is 0.000000137. The van der Waals surface area contributed by atoms with E-state index in [9.17, 15) is 34.2 Å². The van der Waals surface area contributed by atoms with Crippen LogP contribution in [0.1, 0.15) is 65.0 Å². The molecule has 23 nitrogen and oxygen atoms in total. The number of nitrogen functional groups attached to an aromatic ring is 1. The second-order valence-corrected chi connectivity index (χ2v) is 21.0. The molecule has 0 radical (unpaired) electrons. The maximum absolute atomic E-state index is 13.1. The summed E-state index contributed by atoms with van der Waals surface area (Å²) in [6.45, 7) is 5.15. The number of aromatic nitrogens is 13. The van der Waals surface area contributed by atoms with Crippen LogP contribution in [0.4, 0.5) is 5.82 Å². The van der Waals surface area contributed by atoms with E-state index < -0.39 is 11.9 Å². The van der Waals surface area contributed by atoms with Gasteiger partial charge in [0.25, 0.3) is 5.91 Å². The molecule has 10 aromatic heterocycles. The summed E-state index contributed by atoms with van der Waals surface area (Å²) in [4.78, 5) is 86.1. The molecule has 0 bridgehead atoms. The van der Waals surface area contributed by atoms with Crippen LogP contribution in [0.25, 0.3) is 65.4 Å². The van der Waals surface area contributed by atoms with E-state index in [0.29, 0.717) is 79.1 Å². The number of H-pyrrole nitrogens is 2. The van der Waals surface area contributed by atoms with Crippen LogP contribution < -0.4 is 26.9 Å². The molecule has 0 aliphatic heterocycles. The van der Waals surface area contributed by atoms with E-state index >= 15 is 0 Å². The number of benzene rings is 3. The number of rotatable bonds is 12. The van der Waals surface area contributed by atoms with Crippen LogP contribution in [0.15, 0.2) is 144 Å². The first-order valence-electron chi connectivity index (χ1n) is 26.0. The fourth-order valence-electron chi connectivity index (χ4n) is 9.88. The molecule has 10 heterocycles. The summed E-state index contributed by atoms with van der Waals surface area (Å²) in [7, 11) is 1.48. The van der Waals surface area contributed by atoms with Crippen molar-refractivity contribution >= 4 is 124 Å². The van der Waals surface area contributed by atoms with E-state index in [0.717, 1.165) is 66.2 Å². The van der Waals surface area contributed by atoms with Gasteiger partial charge in [-0.15, -0.1) is 0 Å². The van der Waals surface area contributed by atoms with Crippen LogP contribution in [-0.2, 0) is 26.2 Å². The molecule has 0 fully saturated rings. The van der Waals surface area contributed by atoms with Crippen LogP contribution in [-0.4, -0.2) is 99.4 Å². The highest BCUT2D eigenvalue weighted by Crippen LogP contribution is 2.27. The molecule has 0 spiro atoms. The third kappa shape index (κ3) is 12.2. The van der Waals surface area contributed by atoms with E-state index in [1.165, 1.54) is 25.4 Å². The molecule has 0 aliphatic carbocycles. The van der Waals surface area contributed by atoms with Gasteiger partial charge >= 0.3 is 11.9 Å². The Morgan fingerprint density at radius 3 is 1.44 bits per heavy atom. The van der Waals surface area contributed by atoms with Gasteiger partial charge in [-0.3, -0.25) is 43.4 Å². The summed E-state index contributed by atoms with van der Waals surface area (Å²) in [6, 6.07) is 28.8. The number of aromatic amines is 2. The predicted octanol–water partition coefficient (Wildman–Crippen LogP) is 9.56. The standard InChI is InChI=1S/C25H22ClN7O2.C18H13ClN4O3.C17H11ClN4O3/c1-13-5-22(27)31-14(2)19(13)10-30-25(35)24-18-8-23(34)29-11-21(18)33(32-24)12-15-3-4-20-16(6-15)7-17(26)9-28-20;1-26-16-6-13-15(8-21-16)23(22-17(13)18(24)25)9-10-2-3-14-11(4-10)5-12(19)7-20-14;18-11-4-10-3-9(1-2-13(10)19-6-11)8-22-14-7-20-15(23)5-12(14)16(21-22)17(24)25/h3-9,11H,10,12H2,1-2H3,(H2,27,31)(H,29,34)(H,30,35);2-8H,9H2,1H3,(H,24,25);1-7H,8H2,(H,20,23)(H,24,25). The van der Waals surface area contributed by atoms with Gasteiger partial charge in [-0.25, -0.2) is 19.6 Å². The molecule has 430 valence electrons. The smallest absolute Gasteiger partial charge is 0.357 e. The highest BCUT2D eigenvalue weighted by atomic mass is 35.5. The van der Waals surface area contributed by atoms with Crippen molar-refractivity contribution in [2.24, 2.45) is 0 Å². The lowest BCUT2D eigenvalue weighted by Crippen LogP contribution is -2.25. The lowest BCUT2D eigenvalue weighted by atomic mass is 10.1. The monoisotopic (exact) mass is 1210 g/mol. The normalized spacial score (nSPS) is 11.2. The number of halogens is 3. The molecule has 0 saturated heterocycles. The van der Waals surface area contributed by atoms with Crippen molar-refractivity contribution in [3.05, 3.63) is 221 Å². The van der Waals surface area contributed by atoms with Crippen molar-refractivity contribution in [3.8, 4) is 5.88 Å². The second kappa shape index (κ2) is 23.9. The number of anilines is 1. The van der Waals surface area contributed by atoms with Crippen molar-refractivity contribution in [1.29, 1.82) is 0 Å². The number of nitrogens with zero attached hydrogens (tertiary/aromatic N) is 11. The van der Waals surface area contributed by atoms with E-state index in [2.05, 4.69) is 55.5 Å². The molecule has 0 saturated carbocycles. The highest BCUT2D eigenvalue weighted by Gasteiger charge is 2.22. The fourth-order valence-corrected chi connectivity index (χ4v) is 10.4. The molecular formula is C60H46Cl3N15O8. The van der Waals surface area contributed by atoms with Gasteiger partial charge in [0.1, 0.15) is 5.82 Å². The zero-order chi connectivity index (χ0) is 60.5. The lowest BCUT2D eigenvalue weighted by molar-refractivity contribution is 0.0681. The molecule has 13 rings (SSSR count). The van der Waals surface area contributed by atoms with Gasteiger partial charge in [-0.2, -0.15) is 15.3 Å². The summed E-state index contributed by atoms with van der Waals surface area (Å²) < 4.78 is 9.94. The van der Waals surface area contributed by atoms with Gasteiger partial charge in [-0.05, 0) is 102 Å². The van der Waals surface area contributed by atoms with Gasteiger partial charge < -0.3 is 36.0 Å². The molecule has 13 aromatic rings. The third-order valence-corrected chi connectivity index (χ3v) is 14.5. The molecule has 86 heavy (non-hydrogen) atoms. The lowest BCUT2D eigenvalue weighted by Gasteiger charge is -2.11. The van der Waals surface area contributed by atoms with Crippen molar-refractivity contribution < 1.29 is 29.3 Å². The largest absolute Gasteiger partial charge is 0.481 e. The number of carboxylic acids is 2. The molecule has 0 unspecified atom stereocenters. The Labute approximate surface area is 499 Å². The van der Waals surface area contributed by atoms with Crippen LogP contribution in [0.5, 0.6) is 5.88 Å². The van der Waals surface area contributed by atoms with Gasteiger partial charge in [-0.1, -0.05) is 53.0 Å². The van der Waals surface area contributed by atoms with E-state index in [4.69, 9.17) is 45.3 Å². The summed E-state index contributed by atoms with van der Waals surface area (Å²) >= 11 is 18.1. The number of carbonyl (C=O) groups is 3. The predicted molar refractivity (Wildman–Crippen MR) is 326 cm³/mol. The first-order chi connectivity index (χ1) is 41.3. The van der Waals surface area contributed by atoms with Crippen LogP contribution in [0.2, 0.25) is 15.1 Å². The highest BCUT2D eigenvalue weighted by molar-refractivity contribution is 6.31. The van der Waals surface area contributed by atoms with E-state index in [-0.39, 0.29) is 40.7 Å². The molecule has 1 amide bonds. The average Bonchev–Trinajstić information content (AvgIpc) is 2.28. The number of aryl methyl sites for hydroxylation is 2. The molecular weight excluding hydrogens is 1170 g/mol. The summed E-state index contributed by atoms with van der Waals surface area (Å²) in [5.74, 6) is -1.89. The molecule has 0 aliphatic rings. The number of carboxylic acid groups (broad SMARTS) is 2. The average molecular weight is 1210 g/mol. The van der Waals surface area contributed by atoms with Crippen LogP contribution in [0, 0.1) is 13.8 Å².